The van der Waals surface area contributed by atoms with E-state index in [2.05, 4.69) is 32.9 Å². The predicted molar refractivity (Wildman–Crippen MR) is 73.9 cm³/mol. The lowest BCUT2D eigenvalue weighted by Crippen LogP contribution is -2.31. The van der Waals surface area contributed by atoms with E-state index < -0.39 is 0 Å². The average Bonchev–Trinajstić information content (AvgIpc) is 2.59. The van der Waals surface area contributed by atoms with Gasteiger partial charge < -0.3 is 15.4 Å². The van der Waals surface area contributed by atoms with Crippen LogP contribution in [0.15, 0.2) is 76.0 Å². The highest BCUT2D eigenvalue weighted by Crippen LogP contribution is 2.20. The lowest BCUT2D eigenvalue weighted by atomic mass is 10.2. The van der Waals surface area contributed by atoms with Crippen LogP contribution in [-0.2, 0) is 4.74 Å². The standard InChI is InChI=1S/C14H12N4O/c1-10-18-14-12(16-8-9-17-14)6-5-11-13(19-10)4-2-3-7-15-11/h3-4,6-9,16H,1,5H2,(H,17,18)/b12-6+. The van der Waals surface area contributed by atoms with Gasteiger partial charge in [-0.05, 0) is 12.7 Å². The van der Waals surface area contributed by atoms with Crippen molar-refractivity contribution in [2.75, 3.05) is 0 Å². The van der Waals surface area contributed by atoms with Crippen molar-refractivity contribution >= 4 is 12.1 Å². The van der Waals surface area contributed by atoms with Crippen molar-refractivity contribution in [2.24, 2.45) is 9.98 Å². The van der Waals surface area contributed by atoms with Gasteiger partial charge in [-0.25, -0.2) is 4.99 Å². The zero-order chi connectivity index (χ0) is 13.1. The van der Waals surface area contributed by atoms with Gasteiger partial charge in [-0.1, -0.05) is 6.08 Å². The molecular weight excluding hydrogens is 240 g/mol. The molecule has 3 rings (SSSR count). The zero-order valence-corrected chi connectivity index (χ0v) is 10.2. The Labute approximate surface area is 110 Å². The number of hydrogen-bond acceptors (Lipinski definition) is 5. The average molecular weight is 252 g/mol. The molecule has 0 aromatic heterocycles. The third-order valence-corrected chi connectivity index (χ3v) is 2.66. The summed E-state index contributed by atoms with van der Waals surface area (Å²) in [6.45, 7) is 3.83. The summed E-state index contributed by atoms with van der Waals surface area (Å²) in [5.41, 5.74) is 4.66. The summed E-state index contributed by atoms with van der Waals surface area (Å²) in [4.78, 5) is 8.59. The third kappa shape index (κ3) is 2.41. The van der Waals surface area contributed by atoms with E-state index in [1.54, 1.807) is 30.8 Å². The highest BCUT2D eigenvalue weighted by atomic mass is 16.5. The van der Waals surface area contributed by atoms with Gasteiger partial charge in [0.15, 0.2) is 17.5 Å². The lowest BCUT2D eigenvalue weighted by molar-refractivity contribution is 0.301. The van der Waals surface area contributed by atoms with Crippen LogP contribution in [0.2, 0.25) is 0 Å². The Morgan fingerprint density at radius 1 is 1.42 bits per heavy atom. The molecular formula is C14H12N4O. The minimum Gasteiger partial charge on any atom is -0.439 e. The number of fused-ring (bicyclic) bond motifs is 1. The monoisotopic (exact) mass is 252 g/mol. The number of ether oxygens (including phenoxy) is 1. The van der Waals surface area contributed by atoms with Gasteiger partial charge in [0.25, 0.3) is 0 Å². The van der Waals surface area contributed by atoms with E-state index in [0.717, 1.165) is 11.4 Å². The molecule has 0 unspecified atom stereocenters. The third-order valence-electron chi connectivity index (χ3n) is 2.66. The molecule has 0 aromatic carbocycles. The summed E-state index contributed by atoms with van der Waals surface area (Å²) in [5, 5.41) is 6.15. The van der Waals surface area contributed by atoms with E-state index in [9.17, 15) is 0 Å². The van der Waals surface area contributed by atoms with E-state index >= 15 is 0 Å². The van der Waals surface area contributed by atoms with Crippen LogP contribution < -0.4 is 10.6 Å². The molecule has 94 valence electrons. The van der Waals surface area contributed by atoms with Gasteiger partial charge in [-0.3, -0.25) is 4.99 Å². The zero-order valence-electron chi connectivity index (χ0n) is 10.2. The fraction of sp³-hybridized carbons (Fsp3) is 0.0714. The van der Waals surface area contributed by atoms with Crippen molar-refractivity contribution in [1.82, 2.24) is 10.6 Å². The molecule has 0 aromatic rings. The van der Waals surface area contributed by atoms with Crippen LogP contribution >= 0.6 is 0 Å². The largest absolute Gasteiger partial charge is 0.439 e. The van der Waals surface area contributed by atoms with E-state index in [4.69, 9.17) is 4.74 Å². The van der Waals surface area contributed by atoms with Gasteiger partial charge >= 0.3 is 0 Å². The van der Waals surface area contributed by atoms with Crippen molar-refractivity contribution in [3.63, 3.8) is 0 Å². The molecule has 5 nitrogen and oxygen atoms in total. The number of nitrogens with one attached hydrogen (secondary N) is 2. The molecule has 5 heteroatoms. The SMILES string of the molecule is C=C1NC2=NC=CN/C2=C/CC2=C(C=C=CC=N2)O1. The maximum Gasteiger partial charge on any atom is 0.191 e. The van der Waals surface area contributed by atoms with Crippen molar-refractivity contribution in [3.8, 4) is 0 Å². The maximum atomic E-state index is 5.66. The van der Waals surface area contributed by atoms with Crippen LogP contribution in [0.5, 0.6) is 0 Å². The topological polar surface area (TPSA) is 58.0 Å². The Morgan fingerprint density at radius 3 is 3.32 bits per heavy atom. The molecule has 3 heterocycles. The highest BCUT2D eigenvalue weighted by molar-refractivity contribution is 5.99. The second-order valence-electron chi connectivity index (χ2n) is 3.98. The molecule has 3 aliphatic rings. The van der Waals surface area contributed by atoms with E-state index in [0.29, 0.717) is 23.9 Å². The van der Waals surface area contributed by atoms with Gasteiger partial charge in [-0.15, -0.1) is 5.73 Å². The van der Waals surface area contributed by atoms with Gasteiger partial charge in [0.1, 0.15) is 0 Å². The highest BCUT2D eigenvalue weighted by Gasteiger charge is 2.15. The Morgan fingerprint density at radius 2 is 2.37 bits per heavy atom. The first kappa shape index (κ1) is 11.3. The molecule has 0 fully saturated rings. The molecule has 0 aliphatic carbocycles. The number of allylic oxidation sites excluding steroid dienone is 2. The van der Waals surface area contributed by atoms with Crippen molar-refractivity contribution in [2.45, 2.75) is 6.42 Å². The van der Waals surface area contributed by atoms with Gasteiger partial charge in [-0.2, -0.15) is 0 Å². The molecule has 0 spiro atoms. The van der Waals surface area contributed by atoms with Crippen LogP contribution in [0.1, 0.15) is 6.42 Å². The normalized spacial score (nSPS) is 23.3. The summed E-state index contributed by atoms with van der Waals surface area (Å²) in [6, 6.07) is 0. The molecule has 0 bridgehead atoms. The Balaban J connectivity index is 2.00. The summed E-state index contributed by atoms with van der Waals surface area (Å²) < 4.78 is 5.66. The molecule has 3 aliphatic heterocycles. The fourth-order valence-corrected chi connectivity index (χ4v) is 1.80. The summed E-state index contributed by atoms with van der Waals surface area (Å²) in [7, 11) is 0. The van der Waals surface area contributed by atoms with Gasteiger partial charge in [0.05, 0.1) is 11.4 Å². The number of aliphatic imine (C=N–C) groups is 2. The van der Waals surface area contributed by atoms with E-state index in [1.807, 2.05) is 6.08 Å². The van der Waals surface area contributed by atoms with Crippen LogP contribution in [-0.4, -0.2) is 12.1 Å². The van der Waals surface area contributed by atoms with Crippen molar-refractivity contribution < 1.29 is 4.74 Å². The summed E-state index contributed by atoms with van der Waals surface area (Å²) in [6.07, 6.45) is 11.2. The molecule has 0 atom stereocenters. The number of amidine groups is 1. The Kier molecular flexibility index (Phi) is 2.88. The first-order valence-corrected chi connectivity index (χ1v) is 5.85. The number of nitrogens with zero attached hydrogens (tertiary/aromatic N) is 2. The van der Waals surface area contributed by atoms with Crippen molar-refractivity contribution in [3.05, 3.63) is 66.0 Å². The summed E-state index contributed by atoms with van der Waals surface area (Å²) >= 11 is 0. The molecule has 19 heavy (non-hydrogen) atoms. The first-order valence-electron chi connectivity index (χ1n) is 5.85. The van der Waals surface area contributed by atoms with Gasteiger partial charge in [0, 0.05) is 31.1 Å². The van der Waals surface area contributed by atoms with Crippen LogP contribution in [0.3, 0.4) is 0 Å². The maximum absolute atomic E-state index is 5.66. The van der Waals surface area contributed by atoms with Crippen LogP contribution in [0.25, 0.3) is 0 Å². The number of rotatable bonds is 0. The van der Waals surface area contributed by atoms with Gasteiger partial charge in [0.2, 0.25) is 0 Å². The second kappa shape index (κ2) is 4.84. The quantitative estimate of drug-likeness (QED) is 0.647. The molecule has 0 saturated heterocycles. The predicted octanol–water partition coefficient (Wildman–Crippen LogP) is 1.83. The Hall–Kier alpha value is -2.78. The summed E-state index contributed by atoms with van der Waals surface area (Å²) in [5.74, 6) is 1.70. The minimum atomic E-state index is 0.395. The molecule has 2 N–H and O–H groups in total. The van der Waals surface area contributed by atoms with Crippen LogP contribution in [0, 0.1) is 0 Å². The van der Waals surface area contributed by atoms with Crippen molar-refractivity contribution in [1.29, 1.82) is 0 Å². The molecule has 0 amide bonds. The smallest absolute Gasteiger partial charge is 0.191 e. The first-order chi connectivity index (χ1) is 9.33. The Bertz CT molecular complexity index is 640. The van der Waals surface area contributed by atoms with Crippen LogP contribution in [0.4, 0.5) is 0 Å². The second-order valence-corrected chi connectivity index (χ2v) is 3.98. The minimum absolute atomic E-state index is 0.395. The molecule has 0 radical (unpaired) electrons. The van der Waals surface area contributed by atoms with E-state index in [-0.39, 0.29) is 0 Å². The lowest BCUT2D eigenvalue weighted by Gasteiger charge is -2.16. The molecule has 0 saturated carbocycles. The fourth-order valence-electron chi connectivity index (χ4n) is 1.80. The van der Waals surface area contributed by atoms with E-state index in [1.165, 1.54) is 0 Å². The number of hydrogen-bond donors (Lipinski definition) is 2.